The molecule has 0 spiro atoms. The zero-order valence-corrected chi connectivity index (χ0v) is 12.2. The second-order valence-corrected chi connectivity index (χ2v) is 5.38. The molecule has 1 rings (SSSR count). The smallest absolute Gasteiger partial charge is 0.412 e. The van der Waals surface area contributed by atoms with Gasteiger partial charge in [0.25, 0.3) is 0 Å². The molecule has 4 nitrogen and oxygen atoms in total. The van der Waals surface area contributed by atoms with Crippen molar-refractivity contribution in [3.8, 4) is 0 Å². The predicted octanol–water partition coefficient (Wildman–Crippen LogP) is 2.64. The molecule has 1 heterocycles. The number of alkyl halides is 3. The molecule has 1 aromatic heterocycles. The number of nitrogens with zero attached hydrogens (tertiary/aromatic N) is 1. The number of hydrogen-bond donors (Lipinski definition) is 1. The van der Waals surface area contributed by atoms with Crippen molar-refractivity contribution in [1.82, 2.24) is 10.0 Å². The number of aryl methyl sites for hydroxylation is 1. The molecule has 1 atom stereocenters. The molecule has 0 radical (unpaired) electrons. The first-order chi connectivity index (χ1) is 9.25. The van der Waals surface area contributed by atoms with Crippen LogP contribution in [0.25, 0.3) is 0 Å². The fourth-order valence-electron chi connectivity index (χ4n) is 1.30. The third-order valence-electron chi connectivity index (χ3n) is 2.32. The number of rotatable bonds is 6. The minimum absolute atomic E-state index is 0.0979. The lowest BCUT2D eigenvalue weighted by Crippen LogP contribution is -2.43. The minimum atomic E-state index is -4.91. The lowest BCUT2D eigenvalue weighted by atomic mass is 10.2. The molecular formula is C11H13F3N2O2S2. The van der Waals surface area contributed by atoms with Crippen LogP contribution in [0.2, 0.25) is 0 Å². The second kappa shape index (κ2) is 6.89. The van der Waals surface area contributed by atoms with Gasteiger partial charge in [-0.15, -0.1) is 17.9 Å². The summed E-state index contributed by atoms with van der Waals surface area (Å²) in [4.78, 5) is 16.1. The average Bonchev–Trinajstić information content (AvgIpc) is 2.67. The second-order valence-electron chi connectivity index (χ2n) is 3.87. The first-order valence-corrected chi connectivity index (χ1v) is 6.85. The Hall–Kier alpha value is -1.35. The molecule has 0 saturated carbocycles. The van der Waals surface area contributed by atoms with E-state index in [9.17, 15) is 18.0 Å². The summed E-state index contributed by atoms with van der Waals surface area (Å²) < 4.78 is 38.2. The van der Waals surface area contributed by atoms with Gasteiger partial charge in [-0.2, -0.15) is 17.9 Å². The Balaban J connectivity index is 2.49. The maximum Gasteiger partial charge on any atom is 0.471 e. The molecule has 1 unspecified atom stereocenters. The van der Waals surface area contributed by atoms with Gasteiger partial charge in [0.05, 0.1) is 11.7 Å². The SMILES string of the molecule is C=CC(CCOn1c(C)csc1=S)NC(=O)C(F)(F)F. The summed E-state index contributed by atoms with van der Waals surface area (Å²) in [6.07, 6.45) is -3.52. The number of aromatic nitrogens is 1. The third kappa shape index (κ3) is 4.64. The molecular weight excluding hydrogens is 313 g/mol. The van der Waals surface area contributed by atoms with Crippen molar-refractivity contribution in [2.24, 2.45) is 0 Å². The highest BCUT2D eigenvalue weighted by Crippen LogP contribution is 2.15. The van der Waals surface area contributed by atoms with E-state index in [2.05, 4.69) is 6.58 Å². The summed E-state index contributed by atoms with van der Waals surface area (Å²) in [5.41, 5.74) is 0.800. The van der Waals surface area contributed by atoms with Gasteiger partial charge in [0.1, 0.15) is 6.61 Å². The van der Waals surface area contributed by atoms with E-state index in [4.69, 9.17) is 17.1 Å². The number of halogens is 3. The molecule has 20 heavy (non-hydrogen) atoms. The highest BCUT2D eigenvalue weighted by atomic mass is 32.1. The number of thiazole rings is 1. The Morgan fingerprint density at radius 2 is 2.35 bits per heavy atom. The summed E-state index contributed by atoms with van der Waals surface area (Å²) >= 11 is 6.34. The molecule has 0 aliphatic rings. The summed E-state index contributed by atoms with van der Waals surface area (Å²) in [6, 6.07) is -0.822. The van der Waals surface area contributed by atoms with E-state index < -0.39 is 18.1 Å². The van der Waals surface area contributed by atoms with Crippen molar-refractivity contribution in [3.63, 3.8) is 0 Å². The Bertz CT molecular complexity index is 537. The van der Waals surface area contributed by atoms with Gasteiger partial charge in [0.2, 0.25) is 0 Å². The zero-order chi connectivity index (χ0) is 15.3. The topological polar surface area (TPSA) is 43.3 Å². The summed E-state index contributed by atoms with van der Waals surface area (Å²) in [7, 11) is 0. The maximum atomic E-state index is 12.1. The lowest BCUT2D eigenvalue weighted by molar-refractivity contribution is -0.174. The van der Waals surface area contributed by atoms with E-state index in [1.165, 1.54) is 22.1 Å². The zero-order valence-electron chi connectivity index (χ0n) is 10.6. The van der Waals surface area contributed by atoms with Crippen LogP contribution in [0.4, 0.5) is 13.2 Å². The monoisotopic (exact) mass is 326 g/mol. The quantitative estimate of drug-likeness (QED) is 0.645. The van der Waals surface area contributed by atoms with Crippen molar-refractivity contribution in [1.29, 1.82) is 0 Å². The van der Waals surface area contributed by atoms with E-state index in [-0.39, 0.29) is 13.0 Å². The number of nitrogens with one attached hydrogen (secondary N) is 1. The van der Waals surface area contributed by atoms with Crippen LogP contribution < -0.4 is 10.2 Å². The van der Waals surface area contributed by atoms with Crippen molar-refractivity contribution in [3.05, 3.63) is 27.7 Å². The Kier molecular flexibility index (Phi) is 5.75. The molecule has 0 saturated heterocycles. The summed E-state index contributed by atoms with van der Waals surface area (Å²) in [5.74, 6) is -1.99. The van der Waals surface area contributed by atoms with Crippen LogP contribution >= 0.6 is 23.6 Å². The van der Waals surface area contributed by atoms with E-state index in [1.54, 1.807) is 12.3 Å². The van der Waals surface area contributed by atoms with Crippen LogP contribution in [0.5, 0.6) is 0 Å². The van der Waals surface area contributed by atoms with Crippen molar-refractivity contribution in [2.45, 2.75) is 25.6 Å². The van der Waals surface area contributed by atoms with Crippen molar-refractivity contribution in [2.75, 3.05) is 6.61 Å². The van der Waals surface area contributed by atoms with E-state index in [0.717, 1.165) is 5.69 Å². The maximum absolute atomic E-state index is 12.1. The normalized spacial score (nSPS) is 12.8. The van der Waals surface area contributed by atoms with Crippen LogP contribution in [0.3, 0.4) is 0 Å². The molecule has 0 aliphatic heterocycles. The number of hydrogen-bond acceptors (Lipinski definition) is 4. The van der Waals surface area contributed by atoms with Gasteiger partial charge >= 0.3 is 12.1 Å². The first kappa shape index (κ1) is 16.7. The Morgan fingerprint density at radius 3 is 2.80 bits per heavy atom. The van der Waals surface area contributed by atoms with Crippen LogP contribution in [0.1, 0.15) is 12.1 Å². The van der Waals surface area contributed by atoms with Crippen LogP contribution in [0.15, 0.2) is 18.0 Å². The molecule has 1 amide bonds. The fourth-order valence-corrected chi connectivity index (χ4v) is 2.30. The van der Waals surface area contributed by atoms with E-state index >= 15 is 0 Å². The lowest BCUT2D eigenvalue weighted by Gasteiger charge is -2.16. The van der Waals surface area contributed by atoms with E-state index in [1.807, 2.05) is 5.32 Å². The summed E-state index contributed by atoms with van der Waals surface area (Å²) in [6.45, 7) is 5.28. The highest BCUT2D eigenvalue weighted by molar-refractivity contribution is 7.73. The summed E-state index contributed by atoms with van der Waals surface area (Å²) in [5, 5.41) is 3.63. The number of carbonyl (C=O) groups is 1. The fraction of sp³-hybridized carbons (Fsp3) is 0.455. The van der Waals surface area contributed by atoms with Crippen LogP contribution in [-0.4, -0.2) is 29.5 Å². The molecule has 0 aliphatic carbocycles. The molecule has 0 fully saturated rings. The predicted molar refractivity (Wildman–Crippen MR) is 72.1 cm³/mol. The van der Waals surface area contributed by atoms with Gasteiger partial charge in [0.15, 0.2) is 3.95 Å². The van der Waals surface area contributed by atoms with Gasteiger partial charge in [-0.05, 0) is 19.1 Å². The third-order valence-corrected chi connectivity index (χ3v) is 3.61. The molecule has 9 heteroatoms. The standard InChI is InChI=1S/C11H13F3N2O2S2/c1-3-8(15-9(17)11(12,13)14)4-5-18-16-7(2)6-20-10(16)19/h3,6,8H,1,4-5H2,2H3,(H,15,17). The molecule has 0 bridgehead atoms. The molecule has 1 N–H and O–H groups in total. The van der Waals surface area contributed by atoms with Crippen LogP contribution in [-0.2, 0) is 4.79 Å². The van der Waals surface area contributed by atoms with Gasteiger partial charge in [-0.25, -0.2) is 0 Å². The average molecular weight is 326 g/mol. The highest BCUT2D eigenvalue weighted by Gasteiger charge is 2.39. The number of carbonyl (C=O) groups excluding carboxylic acids is 1. The molecule has 112 valence electrons. The Morgan fingerprint density at radius 1 is 1.70 bits per heavy atom. The van der Waals surface area contributed by atoms with Crippen LogP contribution in [0, 0.1) is 10.9 Å². The minimum Gasteiger partial charge on any atom is -0.412 e. The Labute approximate surface area is 122 Å². The molecule has 0 aromatic carbocycles. The van der Waals surface area contributed by atoms with Gasteiger partial charge < -0.3 is 10.2 Å². The number of amides is 1. The molecule has 1 aromatic rings. The van der Waals surface area contributed by atoms with Crippen molar-refractivity contribution < 1.29 is 22.8 Å². The largest absolute Gasteiger partial charge is 0.471 e. The first-order valence-electron chi connectivity index (χ1n) is 5.56. The van der Waals surface area contributed by atoms with Gasteiger partial charge in [-0.1, -0.05) is 6.08 Å². The van der Waals surface area contributed by atoms with E-state index in [0.29, 0.717) is 3.95 Å². The van der Waals surface area contributed by atoms with Gasteiger partial charge in [-0.3, -0.25) is 4.79 Å². The van der Waals surface area contributed by atoms with Gasteiger partial charge in [0, 0.05) is 11.8 Å². The van der Waals surface area contributed by atoms with Crippen molar-refractivity contribution >= 4 is 29.5 Å².